The molecule has 0 aliphatic carbocycles. The maximum absolute atomic E-state index is 13.0. The summed E-state index contributed by atoms with van der Waals surface area (Å²) < 4.78 is 26.1. The number of nitrogens with zero attached hydrogens (tertiary/aromatic N) is 2. The number of hydrogen-bond donors (Lipinski definition) is 0. The highest BCUT2D eigenvalue weighted by Crippen LogP contribution is 2.26. The summed E-state index contributed by atoms with van der Waals surface area (Å²) in [6, 6.07) is 11.0. The molecule has 0 saturated carbocycles. The maximum atomic E-state index is 13.0. The third-order valence-electron chi connectivity index (χ3n) is 4.43. The van der Waals surface area contributed by atoms with Gasteiger partial charge in [0.05, 0.1) is 5.69 Å². The van der Waals surface area contributed by atoms with Crippen molar-refractivity contribution in [3.8, 4) is 0 Å². The first-order valence-electron chi connectivity index (χ1n) is 8.37. The van der Waals surface area contributed by atoms with E-state index < -0.39 is 6.43 Å². The molecule has 1 aliphatic rings. The van der Waals surface area contributed by atoms with Crippen LogP contribution in [-0.4, -0.2) is 29.5 Å². The zero-order valence-electron chi connectivity index (χ0n) is 13.9. The van der Waals surface area contributed by atoms with Crippen LogP contribution in [-0.2, 0) is 0 Å². The van der Waals surface area contributed by atoms with E-state index in [0.29, 0.717) is 5.69 Å². The summed E-state index contributed by atoms with van der Waals surface area (Å²) in [5.41, 5.74) is 3.73. The molecule has 0 bridgehead atoms. The zero-order valence-corrected chi connectivity index (χ0v) is 13.9. The quantitative estimate of drug-likeness (QED) is 0.779. The van der Waals surface area contributed by atoms with E-state index in [0.717, 1.165) is 30.8 Å². The van der Waals surface area contributed by atoms with E-state index in [9.17, 15) is 8.78 Å². The number of hydrogen-bond acceptors (Lipinski definition) is 2. The monoisotopic (exact) mass is 328 g/mol. The molecule has 0 amide bonds. The molecule has 1 aromatic heterocycles. The lowest BCUT2D eigenvalue weighted by Gasteiger charge is -2.14. The second-order valence-electron chi connectivity index (χ2n) is 6.27. The first kappa shape index (κ1) is 16.8. The van der Waals surface area contributed by atoms with Crippen LogP contribution in [0, 0.1) is 6.92 Å². The third-order valence-corrected chi connectivity index (χ3v) is 4.43. The Kier molecular flexibility index (Phi) is 5.36. The Morgan fingerprint density at radius 1 is 1.17 bits per heavy atom. The van der Waals surface area contributed by atoms with Gasteiger partial charge in [0, 0.05) is 23.9 Å². The van der Waals surface area contributed by atoms with Crippen LogP contribution >= 0.6 is 0 Å². The van der Waals surface area contributed by atoms with Crippen LogP contribution in [0.2, 0.25) is 0 Å². The van der Waals surface area contributed by atoms with Gasteiger partial charge in [0.2, 0.25) is 0 Å². The predicted molar refractivity (Wildman–Crippen MR) is 93.1 cm³/mol. The second kappa shape index (κ2) is 7.67. The van der Waals surface area contributed by atoms with Crippen molar-refractivity contribution in [1.29, 1.82) is 0 Å². The third kappa shape index (κ3) is 4.06. The van der Waals surface area contributed by atoms with E-state index in [4.69, 9.17) is 0 Å². The van der Waals surface area contributed by atoms with Crippen molar-refractivity contribution in [2.24, 2.45) is 0 Å². The number of rotatable bonds is 5. The Hall–Kier alpha value is -2.07. The van der Waals surface area contributed by atoms with Crippen molar-refractivity contribution < 1.29 is 8.78 Å². The van der Waals surface area contributed by atoms with Gasteiger partial charge in [-0.25, -0.2) is 8.78 Å². The number of aromatic nitrogens is 1. The van der Waals surface area contributed by atoms with Crippen LogP contribution < -0.4 is 0 Å². The number of alkyl halides is 2. The van der Waals surface area contributed by atoms with Crippen LogP contribution in [0.5, 0.6) is 0 Å². The van der Waals surface area contributed by atoms with Gasteiger partial charge in [-0.05, 0) is 50.6 Å². The first-order valence-corrected chi connectivity index (χ1v) is 8.37. The minimum absolute atomic E-state index is 0.0131. The molecular formula is C20H22F2N2. The van der Waals surface area contributed by atoms with Crippen molar-refractivity contribution in [2.45, 2.75) is 26.2 Å². The number of pyridine rings is 1. The lowest BCUT2D eigenvalue weighted by atomic mass is 9.99. The lowest BCUT2D eigenvalue weighted by Crippen LogP contribution is -2.19. The lowest BCUT2D eigenvalue weighted by molar-refractivity contribution is 0.151. The van der Waals surface area contributed by atoms with Crippen LogP contribution in [0.3, 0.4) is 0 Å². The molecule has 3 rings (SSSR count). The van der Waals surface area contributed by atoms with E-state index >= 15 is 0 Å². The molecule has 126 valence electrons. The molecule has 1 saturated heterocycles. The molecule has 1 fully saturated rings. The fraction of sp³-hybridized carbons (Fsp3) is 0.350. The molecule has 0 N–H and O–H groups in total. The van der Waals surface area contributed by atoms with Gasteiger partial charge in [-0.1, -0.05) is 35.9 Å². The van der Waals surface area contributed by atoms with Crippen molar-refractivity contribution in [3.63, 3.8) is 0 Å². The normalized spacial score (nSPS) is 16.1. The molecular weight excluding hydrogens is 306 g/mol. The Balaban J connectivity index is 1.95. The highest BCUT2D eigenvalue weighted by atomic mass is 19.3. The molecule has 0 radical (unpaired) electrons. The van der Waals surface area contributed by atoms with Crippen molar-refractivity contribution in [1.82, 2.24) is 9.88 Å². The molecule has 2 nitrogen and oxygen atoms in total. The summed E-state index contributed by atoms with van der Waals surface area (Å²) in [5.74, 6) is 0. The predicted octanol–water partition coefficient (Wildman–Crippen LogP) is 4.86. The molecule has 0 spiro atoms. The number of halogens is 2. The van der Waals surface area contributed by atoms with Gasteiger partial charge in [0.25, 0.3) is 6.43 Å². The zero-order chi connectivity index (χ0) is 16.9. The van der Waals surface area contributed by atoms with E-state index in [1.54, 1.807) is 0 Å². The Labute approximate surface area is 141 Å². The summed E-state index contributed by atoms with van der Waals surface area (Å²) >= 11 is 0. The van der Waals surface area contributed by atoms with Crippen molar-refractivity contribution in [2.75, 3.05) is 19.6 Å². The molecule has 24 heavy (non-hydrogen) atoms. The van der Waals surface area contributed by atoms with E-state index in [1.165, 1.54) is 36.7 Å². The van der Waals surface area contributed by atoms with Crippen LogP contribution in [0.15, 0.2) is 48.7 Å². The average Bonchev–Trinajstić information content (AvgIpc) is 3.10. The number of likely N-dealkylation sites (tertiary alicyclic amines) is 1. The summed E-state index contributed by atoms with van der Waals surface area (Å²) in [5, 5.41) is 0. The average molecular weight is 328 g/mol. The van der Waals surface area contributed by atoms with Crippen LogP contribution in [0.4, 0.5) is 8.78 Å². The number of benzene rings is 1. The summed E-state index contributed by atoms with van der Waals surface area (Å²) in [4.78, 5) is 6.73. The summed E-state index contributed by atoms with van der Waals surface area (Å²) in [6.07, 6.45) is 3.56. The molecule has 0 atom stereocenters. The molecule has 1 aliphatic heterocycles. The minimum Gasteiger partial charge on any atom is -0.300 e. The molecule has 2 heterocycles. The second-order valence-corrected chi connectivity index (χ2v) is 6.27. The Morgan fingerprint density at radius 3 is 2.54 bits per heavy atom. The van der Waals surface area contributed by atoms with Crippen molar-refractivity contribution >= 4 is 5.57 Å². The fourth-order valence-electron chi connectivity index (χ4n) is 3.02. The number of aryl methyl sites for hydroxylation is 1. The van der Waals surface area contributed by atoms with E-state index in [1.807, 2.05) is 31.2 Å². The van der Waals surface area contributed by atoms with Gasteiger partial charge in [-0.15, -0.1) is 0 Å². The van der Waals surface area contributed by atoms with Crippen LogP contribution in [0.1, 0.15) is 41.7 Å². The van der Waals surface area contributed by atoms with Gasteiger partial charge in [-0.3, -0.25) is 9.88 Å². The molecule has 0 unspecified atom stereocenters. The fourth-order valence-corrected chi connectivity index (χ4v) is 3.02. The Bertz CT molecular complexity index is 702. The van der Waals surface area contributed by atoms with E-state index in [2.05, 4.69) is 16.0 Å². The van der Waals surface area contributed by atoms with Gasteiger partial charge in [0.1, 0.15) is 0 Å². The summed E-state index contributed by atoms with van der Waals surface area (Å²) in [6.45, 7) is 5.06. The SMILES string of the molecule is Cc1ccc(/C(=C\CN2CCCC2)c2cc(C(F)F)ccn2)cc1. The Morgan fingerprint density at radius 2 is 1.88 bits per heavy atom. The standard InChI is InChI=1S/C20H22F2N2/c1-15-4-6-16(7-5-15)18(9-13-24-11-2-3-12-24)19-14-17(20(21)22)8-10-23-19/h4-10,14,20H,2-3,11-13H2,1H3/b18-9+. The van der Waals surface area contributed by atoms with Gasteiger partial charge in [0.15, 0.2) is 0 Å². The van der Waals surface area contributed by atoms with Gasteiger partial charge >= 0.3 is 0 Å². The first-order chi connectivity index (χ1) is 11.6. The summed E-state index contributed by atoms with van der Waals surface area (Å²) in [7, 11) is 0. The van der Waals surface area contributed by atoms with Crippen molar-refractivity contribution in [3.05, 3.63) is 71.1 Å². The largest absolute Gasteiger partial charge is 0.300 e. The van der Waals surface area contributed by atoms with Gasteiger partial charge in [-0.2, -0.15) is 0 Å². The highest BCUT2D eigenvalue weighted by Gasteiger charge is 2.14. The molecule has 2 aromatic rings. The van der Waals surface area contributed by atoms with Gasteiger partial charge < -0.3 is 0 Å². The molecule has 4 heteroatoms. The maximum Gasteiger partial charge on any atom is 0.263 e. The van der Waals surface area contributed by atoms with E-state index in [-0.39, 0.29) is 5.56 Å². The van der Waals surface area contributed by atoms with Crippen LogP contribution in [0.25, 0.3) is 5.57 Å². The highest BCUT2D eigenvalue weighted by molar-refractivity contribution is 5.78. The smallest absolute Gasteiger partial charge is 0.263 e. The topological polar surface area (TPSA) is 16.1 Å². The minimum atomic E-state index is -2.48. The molecule has 1 aromatic carbocycles.